The lowest BCUT2D eigenvalue weighted by atomic mass is 9.87. The Morgan fingerprint density at radius 2 is 1.46 bits per heavy atom. The summed E-state index contributed by atoms with van der Waals surface area (Å²) in [6, 6.07) is 15.3. The summed E-state index contributed by atoms with van der Waals surface area (Å²) in [5, 5.41) is 0. The van der Waals surface area contributed by atoms with E-state index in [9.17, 15) is 4.79 Å². The van der Waals surface area contributed by atoms with Gasteiger partial charge in [-0.3, -0.25) is 18.8 Å². The van der Waals surface area contributed by atoms with Gasteiger partial charge in [-0.2, -0.15) is 0 Å². The van der Waals surface area contributed by atoms with E-state index in [1.165, 1.54) is 0 Å². The van der Waals surface area contributed by atoms with Crippen LogP contribution in [0.3, 0.4) is 0 Å². The van der Waals surface area contributed by atoms with Gasteiger partial charge >= 0.3 is 15.2 Å². The van der Waals surface area contributed by atoms with Crippen molar-refractivity contribution in [3.05, 3.63) is 65.2 Å². The van der Waals surface area contributed by atoms with Crippen molar-refractivity contribution >= 4 is 26.8 Å². The van der Waals surface area contributed by atoms with Gasteiger partial charge in [-0.1, -0.05) is 48.0 Å². The molecule has 0 bridgehead atoms. The Morgan fingerprint density at radius 1 is 0.878 bits per heavy atom. The first-order valence-corrected chi connectivity index (χ1v) is 17.8. The lowest BCUT2D eigenvalue weighted by molar-refractivity contribution is -0.128. The summed E-state index contributed by atoms with van der Waals surface area (Å²) in [5.41, 5.74) is 2.39. The third-order valence-corrected chi connectivity index (χ3v) is 15.3. The van der Waals surface area contributed by atoms with Gasteiger partial charge in [0.25, 0.3) is 5.91 Å². The molecule has 0 radical (unpaired) electrons. The molecule has 1 amide bonds. The monoisotopic (exact) mass is 604 g/mol. The van der Waals surface area contributed by atoms with Crippen molar-refractivity contribution in [3.63, 3.8) is 0 Å². The fourth-order valence-electron chi connectivity index (χ4n) is 7.25. The zero-order valence-corrected chi connectivity index (χ0v) is 26.5. The lowest BCUT2D eigenvalue weighted by Gasteiger charge is -2.42. The largest absolute Gasteiger partial charge is 0.350 e. The zero-order chi connectivity index (χ0) is 29.5. The average Bonchev–Trinajstić information content (AvgIpc) is 3.60. The van der Waals surface area contributed by atoms with Crippen LogP contribution in [-0.2, 0) is 44.1 Å². The molecule has 1 spiro atoms. The first kappa shape index (κ1) is 30.6. The van der Waals surface area contributed by atoms with Crippen LogP contribution in [0.25, 0.3) is 0 Å². The van der Waals surface area contributed by atoms with Crippen LogP contribution in [-0.4, -0.2) is 54.7 Å². The van der Waals surface area contributed by atoms with Crippen LogP contribution in [0.4, 0.5) is 5.69 Å². The molecule has 3 aliphatic heterocycles. The minimum absolute atomic E-state index is 0.0558. The molecule has 3 aliphatic rings. The molecular weight excluding hydrogens is 562 g/mol. The number of anilines is 1. The first-order valence-electron chi connectivity index (χ1n) is 14.7. The fourth-order valence-corrected chi connectivity index (χ4v) is 13.7. The first-order chi connectivity index (χ1) is 19.7. The minimum atomic E-state index is -4.19. The molecule has 0 N–H and O–H groups in total. The number of carbonyl (C=O) groups is 1. The molecule has 3 heterocycles. The van der Waals surface area contributed by atoms with E-state index in [0.717, 1.165) is 28.8 Å². The van der Waals surface area contributed by atoms with E-state index in [2.05, 4.69) is 4.90 Å². The Balaban J connectivity index is 1.78. The summed E-state index contributed by atoms with van der Waals surface area (Å²) in [7, 11) is -8.38. The summed E-state index contributed by atoms with van der Waals surface area (Å²) < 4.78 is 54.4. The Kier molecular flexibility index (Phi) is 8.73. The maximum Gasteiger partial charge on any atom is 0.350 e. The standard InChI is InChI=1S/C30H42N2O7P2/c1-6-36-40(34,37-7-2)30(41(35,38-8-3)39-9-4)22-29(32-19-13-16-27(30)32)25-20-23(5)17-18-26(25)31(28(29)33)21-24-14-11-10-12-15-24/h10-12,14-15,17-18,20,27H,6-9,13,16,19,21-22H2,1-5H3. The van der Waals surface area contributed by atoms with Crippen LogP contribution in [0.2, 0.25) is 0 Å². The Morgan fingerprint density at radius 3 is 2.02 bits per heavy atom. The van der Waals surface area contributed by atoms with Crippen molar-refractivity contribution in [3.8, 4) is 0 Å². The number of rotatable bonds is 12. The van der Waals surface area contributed by atoms with Gasteiger partial charge in [-0.25, -0.2) is 0 Å². The van der Waals surface area contributed by atoms with Gasteiger partial charge in [0.15, 0.2) is 4.90 Å². The molecule has 2 aromatic carbocycles. The smallest absolute Gasteiger partial charge is 0.308 e. The number of hydrogen-bond donors (Lipinski definition) is 0. The average molecular weight is 605 g/mol. The molecular formula is C30H42N2O7P2. The van der Waals surface area contributed by atoms with E-state index >= 15 is 9.13 Å². The molecule has 224 valence electrons. The Labute approximate surface area is 243 Å². The summed E-state index contributed by atoms with van der Waals surface area (Å²) >= 11 is 0. The van der Waals surface area contributed by atoms with Crippen LogP contribution < -0.4 is 4.90 Å². The summed E-state index contributed by atoms with van der Waals surface area (Å²) in [5.74, 6) is -0.130. The van der Waals surface area contributed by atoms with E-state index in [1.54, 1.807) is 27.7 Å². The highest BCUT2D eigenvalue weighted by Gasteiger charge is 2.81. The highest BCUT2D eigenvalue weighted by Crippen LogP contribution is 2.85. The molecule has 11 heteroatoms. The molecule has 0 saturated carbocycles. The van der Waals surface area contributed by atoms with Crippen molar-refractivity contribution in [2.45, 2.75) is 76.9 Å². The predicted octanol–water partition coefficient (Wildman–Crippen LogP) is 6.83. The van der Waals surface area contributed by atoms with E-state index < -0.39 is 31.7 Å². The van der Waals surface area contributed by atoms with Gasteiger partial charge in [0.1, 0.15) is 5.54 Å². The van der Waals surface area contributed by atoms with Crippen LogP contribution in [0, 0.1) is 6.92 Å². The highest BCUT2D eigenvalue weighted by atomic mass is 31.2. The van der Waals surface area contributed by atoms with E-state index in [1.807, 2.05) is 60.4 Å². The highest BCUT2D eigenvalue weighted by molar-refractivity contribution is 7.74. The molecule has 0 aliphatic carbocycles. The van der Waals surface area contributed by atoms with Crippen molar-refractivity contribution in [1.29, 1.82) is 0 Å². The molecule has 2 atom stereocenters. The number of fused-ring (bicyclic) bond motifs is 4. The maximum atomic E-state index is 15.1. The second-order valence-corrected chi connectivity index (χ2v) is 15.8. The van der Waals surface area contributed by atoms with Crippen molar-refractivity contribution in [1.82, 2.24) is 4.90 Å². The van der Waals surface area contributed by atoms with E-state index in [0.29, 0.717) is 19.5 Å². The number of aryl methyl sites for hydroxylation is 1. The van der Waals surface area contributed by atoms with Gasteiger partial charge in [0, 0.05) is 23.7 Å². The summed E-state index contributed by atoms with van der Waals surface area (Å²) in [6.07, 6.45) is 1.24. The predicted molar refractivity (Wildman–Crippen MR) is 159 cm³/mol. The summed E-state index contributed by atoms with van der Waals surface area (Å²) in [6.45, 7) is 10.2. The molecule has 0 aromatic heterocycles. The number of hydrogen-bond acceptors (Lipinski definition) is 8. The van der Waals surface area contributed by atoms with Crippen LogP contribution in [0.15, 0.2) is 48.5 Å². The van der Waals surface area contributed by atoms with Crippen LogP contribution in [0.5, 0.6) is 0 Å². The molecule has 5 rings (SSSR count). The number of nitrogens with zero attached hydrogens (tertiary/aromatic N) is 2. The topological polar surface area (TPSA) is 94.6 Å². The van der Waals surface area contributed by atoms with Gasteiger partial charge in [0.05, 0.1) is 33.0 Å². The van der Waals surface area contributed by atoms with Crippen molar-refractivity contribution in [2.75, 3.05) is 37.9 Å². The van der Waals surface area contributed by atoms with Gasteiger partial charge in [-0.15, -0.1) is 0 Å². The van der Waals surface area contributed by atoms with E-state index in [4.69, 9.17) is 18.1 Å². The zero-order valence-electron chi connectivity index (χ0n) is 24.7. The second-order valence-electron chi connectivity index (χ2n) is 10.8. The van der Waals surface area contributed by atoms with Gasteiger partial charge in [-0.05, 0) is 65.6 Å². The molecule has 2 saturated heterocycles. The van der Waals surface area contributed by atoms with Crippen molar-refractivity contribution in [2.24, 2.45) is 0 Å². The molecule has 2 unspecified atom stereocenters. The fraction of sp³-hybridized carbons (Fsp3) is 0.567. The molecule has 41 heavy (non-hydrogen) atoms. The molecule has 2 fully saturated rings. The normalized spacial score (nSPS) is 23.9. The van der Waals surface area contributed by atoms with Crippen LogP contribution >= 0.6 is 15.2 Å². The number of carbonyl (C=O) groups excluding carboxylic acids is 1. The van der Waals surface area contributed by atoms with E-state index in [-0.39, 0.29) is 38.8 Å². The third-order valence-electron chi connectivity index (χ3n) is 8.61. The minimum Gasteiger partial charge on any atom is -0.308 e. The summed E-state index contributed by atoms with van der Waals surface area (Å²) in [4.78, 5) is 17.2. The van der Waals surface area contributed by atoms with Gasteiger partial charge < -0.3 is 23.0 Å². The van der Waals surface area contributed by atoms with Crippen LogP contribution in [0.1, 0.15) is 63.6 Å². The van der Waals surface area contributed by atoms with Crippen molar-refractivity contribution < 1.29 is 32.0 Å². The lowest BCUT2D eigenvalue weighted by Crippen LogP contribution is -2.50. The third kappa shape index (κ3) is 4.51. The Bertz CT molecular complexity index is 1320. The molecule has 9 nitrogen and oxygen atoms in total. The number of amides is 1. The SMILES string of the molecule is CCOP(=O)(OCC)C1(P(=O)(OCC)OCC)CC2(C(=O)N(Cc3ccccc3)c3ccc(C)cc32)N2CCCC21. The van der Waals surface area contributed by atoms with Gasteiger partial charge in [0.2, 0.25) is 0 Å². The quantitative estimate of drug-likeness (QED) is 0.243. The second kappa shape index (κ2) is 11.7. The maximum absolute atomic E-state index is 15.1. The number of benzene rings is 2. The Hall–Kier alpha value is -1.83. The molecule has 2 aromatic rings.